The second kappa shape index (κ2) is 5.25. The predicted molar refractivity (Wildman–Crippen MR) is 61.1 cm³/mol. The maximum atomic E-state index is 13.8. The highest BCUT2D eigenvalue weighted by molar-refractivity contribution is 5.70. The molecule has 1 N–H and O–H groups in total. The van der Waals surface area contributed by atoms with Crippen LogP contribution in [0, 0.1) is 5.92 Å². The van der Waals surface area contributed by atoms with Crippen molar-refractivity contribution in [3.05, 3.63) is 35.4 Å². The number of carbonyl (C=O) groups is 1. The van der Waals surface area contributed by atoms with Crippen molar-refractivity contribution in [2.75, 3.05) is 0 Å². The largest absolute Gasteiger partial charge is 0.481 e. The normalized spacial score (nSPS) is 11.8. The Labute approximate surface area is 99.3 Å². The van der Waals surface area contributed by atoms with Gasteiger partial charge < -0.3 is 5.11 Å². The number of carboxylic acids is 1. The summed E-state index contributed by atoms with van der Waals surface area (Å²) in [5, 5.41) is 8.62. The van der Waals surface area contributed by atoms with Gasteiger partial charge in [0.05, 0.1) is 6.42 Å². The van der Waals surface area contributed by atoms with E-state index in [-0.39, 0.29) is 24.3 Å². The lowest BCUT2D eigenvalue weighted by Crippen LogP contribution is -2.16. The van der Waals surface area contributed by atoms with E-state index < -0.39 is 11.9 Å². The maximum Gasteiger partial charge on any atom is 0.307 e. The van der Waals surface area contributed by atoms with Crippen molar-refractivity contribution in [3.63, 3.8) is 0 Å². The Balaban J connectivity index is 2.94. The first-order chi connectivity index (χ1) is 7.81. The van der Waals surface area contributed by atoms with Gasteiger partial charge in [0.1, 0.15) is 0 Å². The van der Waals surface area contributed by atoms with Crippen molar-refractivity contribution >= 4 is 5.97 Å². The minimum Gasteiger partial charge on any atom is -0.481 e. The van der Waals surface area contributed by atoms with Crippen LogP contribution in [0.1, 0.15) is 31.4 Å². The summed E-state index contributed by atoms with van der Waals surface area (Å²) < 4.78 is 27.6. The van der Waals surface area contributed by atoms with Gasteiger partial charge in [0.2, 0.25) is 0 Å². The molecule has 2 nitrogen and oxygen atoms in total. The van der Waals surface area contributed by atoms with Crippen LogP contribution in [0.5, 0.6) is 0 Å². The molecule has 0 aliphatic carbocycles. The first kappa shape index (κ1) is 13.6. The fourth-order valence-corrected chi connectivity index (χ4v) is 1.71. The fourth-order valence-electron chi connectivity index (χ4n) is 1.71. The van der Waals surface area contributed by atoms with E-state index in [4.69, 9.17) is 5.11 Å². The number of halogens is 2. The number of carboxylic acid groups (broad SMARTS) is 1. The van der Waals surface area contributed by atoms with Gasteiger partial charge in [-0.15, -0.1) is 0 Å². The molecular formula is C13H16F2O2. The van der Waals surface area contributed by atoms with E-state index >= 15 is 0 Å². The van der Waals surface area contributed by atoms with Crippen LogP contribution in [0.4, 0.5) is 8.78 Å². The number of hydrogen-bond acceptors (Lipinski definition) is 1. The van der Waals surface area contributed by atoms with Gasteiger partial charge in [0, 0.05) is 12.0 Å². The SMILES string of the molecule is CC(C)CC(F)(F)c1cccc(CC(=O)O)c1. The summed E-state index contributed by atoms with van der Waals surface area (Å²) in [6, 6.07) is 5.63. The lowest BCUT2D eigenvalue weighted by molar-refractivity contribution is -0.136. The molecule has 0 saturated heterocycles. The average molecular weight is 242 g/mol. The Bertz CT molecular complexity index is 400. The second-order valence-corrected chi connectivity index (χ2v) is 4.57. The zero-order valence-electron chi connectivity index (χ0n) is 9.91. The lowest BCUT2D eigenvalue weighted by Gasteiger charge is -2.19. The van der Waals surface area contributed by atoms with Crippen LogP contribution in [-0.4, -0.2) is 11.1 Å². The lowest BCUT2D eigenvalue weighted by atomic mass is 9.96. The van der Waals surface area contributed by atoms with E-state index in [9.17, 15) is 13.6 Å². The highest BCUT2D eigenvalue weighted by atomic mass is 19.3. The zero-order chi connectivity index (χ0) is 13.1. The molecule has 1 aromatic rings. The van der Waals surface area contributed by atoms with E-state index in [1.54, 1.807) is 19.9 Å². The Morgan fingerprint density at radius 2 is 2.06 bits per heavy atom. The zero-order valence-corrected chi connectivity index (χ0v) is 9.91. The second-order valence-electron chi connectivity index (χ2n) is 4.57. The molecule has 4 heteroatoms. The Kier molecular flexibility index (Phi) is 4.21. The van der Waals surface area contributed by atoms with Gasteiger partial charge in [0.25, 0.3) is 5.92 Å². The number of alkyl halides is 2. The molecule has 0 fully saturated rings. The molecule has 1 rings (SSSR count). The van der Waals surface area contributed by atoms with Crippen LogP contribution < -0.4 is 0 Å². The number of hydrogen-bond donors (Lipinski definition) is 1. The molecule has 0 aliphatic heterocycles. The summed E-state index contributed by atoms with van der Waals surface area (Å²) in [7, 11) is 0. The van der Waals surface area contributed by atoms with Gasteiger partial charge in [0.15, 0.2) is 0 Å². The van der Waals surface area contributed by atoms with E-state index in [0.29, 0.717) is 5.56 Å². The van der Waals surface area contributed by atoms with E-state index in [1.165, 1.54) is 18.2 Å². The van der Waals surface area contributed by atoms with Gasteiger partial charge in [-0.1, -0.05) is 32.0 Å². The maximum absolute atomic E-state index is 13.8. The molecule has 0 heterocycles. The van der Waals surface area contributed by atoms with E-state index in [2.05, 4.69) is 0 Å². The Hall–Kier alpha value is -1.45. The van der Waals surface area contributed by atoms with Crippen LogP contribution in [0.2, 0.25) is 0 Å². The minimum atomic E-state index is -2.90. The standard InChI is InChI=1S/C13H16F2O2/c1-9(2)8-13(14,15)11-5-3-4-10(6-11)7-12(16)17/h3-6,9H,7-8H2,1-2H3,(H,16,17). The first-order valence-corrected chi connectivity index (χ1v) is 5.50. The summed E-state index contributed by atoms with van der Waals surface area (Å²) >= 11 is 0. The van der Waals surface area contributed by atoms with Crippen LogP contribution in [0.25, 0.3) is 0 Å². The Morgan fingerprint density at radius 3 is 2.59 bits per heavy atom. The van der Waals surface area contributed by atoms with Crippen LogP contribution >= 0.6 is 0 Å². The molecule has 0 unspecified atom stereocenters. The number of rotatable bonds is 5. The van der Waals surface area contributed by atoms with Gasteiger partial charge >= 0.3 is 5.97 Å². The van der Waals surface area contributed by atoms with Crippen molar-refractivity contribution in [2.45, 2.75) is 32.6 Å². The number of aliphatic carboxylic acids is 1. The van der Waals surface area contributed by atoms with Crippen LogP contribution in [-0.2, 0) is 17.1 Å². The first-order valence-electron chi connectivity index (χ1n) is 5.50. The van der Waals surface area contributed by atoms with E-state index in [1.807, 2.05) is 0 Å². The smallest absolute Gasteiger partial charge is 0.307 e. The summed E-state index contributed by atoms with van der Waals surface area (Å²) in [5.74, 6) is -4.04. The van der Waals surface area contributed by atoms with Crippen LogP contribution in [0.15, 0.2) is 24.3 Å². The summed E-state index contributed by atoms with van der Waals surface area (Å²) in [6.45, 7) is 3.46. The molecule has 17 heavy (non-hydrogen) atoms. The summed E-state index contributed by atoms with van der Waals surface area (Å²) in [5.41, 5.74) is 0.295. The van der Waals surface area contributed by atoms with Crippen molar-refractivity contribution in [1.82, 2.24) is 0 Å². The highest BCUT2D eigenvalue weighted by Crippen LogP contribution is 2.34. The van der Waals surface area contributed by atoms with E-state index in [0.717, 1.165) is 0 Å². The minimum absolute atomic E-state index is 0.107. The molecule has 0 atom stereocenters. The Morgan fingerprint density at radius 1 is 1.41 bits per heavy atom. The van der Waals surface area contributed by atoms with Crippen molar-refractivity contribution in [2.24, 2.45) is 5.92 Å². The molecule has 0 aliphatic rings. The average Bonchev–Trinajstić information content (AvgIpc) is 2.15. The van der Waals surface area contributed by atoms with Crippen molar-refractivity contribution < 1.29 is 18.7 Å². The van der Waals surface area contributed by atoms with Gasteiger partial charge in [-0.3, -0.25) is 4.79 Å². The third kappa shape index (κ3) is 4.13. The fraction of sp³-hybridized carbons (Fsp3) is 0.462. The molecule has 94 valence electrons. The van der Waals surface area contributed by atoms with Gasteiger partial charge in [-0.25, -0.2) is 8.78 Å². The molecule has 0 radical (unpaired) electrons. The highest BCUT2D eigenvalue weighted by Gasteiger charge is 2.32. The van der Waals surface area contributed by atoms with Crippen LogP contribution in [0.3, 0.4) is 0 Å². The van der Waals surface area contributed by atoms with Crippen molar-refractivity contribution in [3.8, 4) is 0 Å². The molecule has 0 saturated carbocycles. The topological polar surface area (TPSA) is 37.3 Å². The molecule has 0 bridgehead atoms. The molecular weight excluding hydrogens is 226 g/mol. The van der Waals surface area contributed by atoms with Gasteiger partial charge in [-0.05, 0) is 17.5 Å². The number of benzene rings is 1. The summed E-state index contributed by atoms with van der Waals surface area (Å²) in [4.78, 5) is 10.5. The predicted octanol–water partition coefficient (Wildman–Crippen LogP) is 3.45. The molecule has 1 aromatic carbocycles. The third-order valence-corrected chi connectivity index (χ3v) is 2.37. The molecule has 0 amide bonds. The molecule has 0 spiro atoms. The quantitative estimate of drug-likeness (QED) is 0.858. The van der Waals surface area contributed by atoms with Gasteiger partial charge in [-0.2, -0.15) is 0 Å². The monoisotopic (exact) mass is 242 g/mol. The molecule has 0 aromatic heterocycles. The third-order valence-electron chi connectivity index (χ3n) is 2.37. The van der Waals surface area contributed by atoms with Crippen molar-refractivity contribution in [1.29, 1.82) is 0 Å². The summed E-state index contributed by atoms with van der Waals surface area (Å²) in [6.07, 6.45) is -0.463.